The number of primary amides is 1. The Morgan fingerprint density at radius 2 is 1.79 bits per heavy atom. The molecule has 1 aromatic carbocycles. The summed E-state index contributed by atoms with van der Waals surface area (Å²) >= 11 is 0. The second-order valence-electron chi connectivity index (χ2n) is 7.54. The number of nitrogens with zero attached hydrogens (tertiary/aromatic N) is 4. The van der Waals surface area contributed by atoms with Crippen LogP contribution in [0.5, 0.6) is 0 Å². The Labute approximate surface area is 167 Å². The summed E-state index contributed by atoms with van der Waals surface area (Å²) in [4.78, 5) is 25.7. The number of hydrogen-bond acceptors (Lipinski definition) is 6. The first kappa shape index (κ1) is 20.1. The van der Waals surface area contributed by atoms with Gasteiger partial charge in [-0.25, -0.2) is 9.97 Å². The number of rotatable bonds is 5. The predicted octanol–water partition coefficient (Wildman–Crippen LogP) is 2.56. The fourth-order valence-corrected chi connectivity index (χ4v) is 3.60. The summed E-state index contributed by atoms with van der Waals surface area (Å²) in [5.74, 6) is -0.162. The molecule has 0 saturated carbocycles. The highest BCUT2D eigenvalue weighted by molar-refractivity contribution is 5.96. The number of aromatic nitrogens is 2. The van der Waals surface area contributed by atoms with Crippen molar-refractivity contribution in [2.75, 3.05) is 43.4 Å². The van der Waals surface area contributed by atoms with E-state index in [0.717, 1.165) is 48.8 Å². The van der Waals surface area contributed by atoms with Crippen LogP contribution in [0, 0.1) is 20.8 Å². The molecule has 1 fully saturated rings. The van der Waals surface area contributed by atoms with Gasteiger partial charge < -0.3 is 20.9 Å². The summed E-state index contributed by atoms with van der Waals surface area (Å²) in [5, 5.41) is 3.29. The molecule has 0 aliphatic carbocycles. The third-order valence-electron chi connectivity index (χ3n) is 5.38. The van der Waals surface area contributed by atoms with E-state index in [9.17, 15) is 4.79 Å². The SMILES string of the molecule is CCc1nc(C(N)=O)c(Nc2cc(C)c(N3CCN(C)CC3)cc2C)nc1C. The van der Waals surface area contributed by atoms with Crippen molar-refractivity contribution in [3.8, 4) is 0 Å². The van der Waals surface area contributed by atoms with Crippen molar-refractivity contribution < 1.29 is 4.79 Å². The van der Waals surface area contributed by atoms with Gasteiger partial charge in [0.25, 0.3) is 5.91 Å². The van der Waals surface area contributed by atoms with E-state index < -0.39 is 5.91 Å². The molecule has 150 valence electrons. The van der Waals surface area contributed by atoms with Gasteiger partial charge in [-0.2, -0.15) is 0 Å². The molecule has 1 saturated heterocycles. The third-order valence-corrected chi connectivity index (χ3v) is 5.38. The van der Waals surface area contributed by atoms with Crippen molar-refractivity contribution in [1.82, 2.24) is 14.9 Å². The summed E-state index contributed by atoms with van der Waals surface area (Å²) in [6.07, 6.45) is 0.706. The maximum absolute atomic E-state index is 11.9. The first-order chi connectivity index (χ1) is 13.3. The molecule has 28 heavy (non-hydrogen) atoms. The normalized spacial score (nSPS) is 15.0. The number of carbonyl (C=O) groups excluding carboxylic acids is 1. The number of hydrogen-bond donors (Lipinski definition) is 2. The summed E-state index contributed by atoms with van der Waals surface area (Å²) in [5.41, 5.74) is 11.8. The molecular weight excluding hydrogens is 352 g/mol. The monoisotopic (exact) mass is 382 g/mol. The van der Waals surface area contributed by atoms with Crippen LogP contribution in [0.1, 0.15) is 39.9 Å². The Bertz CT molecular complexity index is 887. The Hall–Kier alpha value is -2.67. The molecule has 7 heteroatoms. The fraction of sp³-hybridized carbons (Fsp3) is 0.476. The van der Waals surface area contributed by atoms with Crippen molar-refractivity contribution in [2.24, 2.45) is 5.73 Å². The van der Waals surface area contributed by atoms with E-state index >= 15 is 0 Å². The van der Waals surface area contributed by atoms with Crippen LogP contribution in [-0.4, -0.2) is 54.0 Å². The predicted molar refractivity (Wildman–Crippen MR) is 114 cm³/mol. The first-order valence-electron chi connectivity index (χ1n) is 9.79. The molecule has 0 spiro atoms. The number of anilines is 3. The summed E-state index contributed by atoms with van der Waals surface area (Å²) < 4.78 is 0. The van der Waals surface area contributed by atoms with Gasteiger partial charge in [-0.05, 0) is 57.5 Å². The van der Waals surface area contributed by atoms with Gasteiger partial charge in [-0.1, -0.05) is 6.92 Å². The quantitative estimate of drug-likeness (QED) is 0.826. The lowest BCUT2D eigenvalue weighted by Gasteiger charge is -2.35. The summed E-state index contributed by atoms with van der Waals surface area (Å²) in [6, 6.07) is 4.31. The first-order valence-corrected chi connectivity index (χ1v) is 9.79. The number of aryl methyl sites for hydroxylation is 4. The minimum Gasteiger partial charge on any atom is -0.369 e. The maximum Gasteiger partial charge on any atom is 0.271 e. The van der Waals surface area contributed by atoms with Crippen LogP contribution in [0.15, 0.2) is 12.1 Å². The average molecular weight is 383 g/mol. The lowest BCUT2D eigenvalue weighted by molar-refractivity contribution is 0.0996. The van der Waals surface area contributed by atoms with Crippen LogP contribution in [-0.2, 0) is 6.42 Å². The molecule has 1 aliphatic rings. The molecular formula is C21H30N6O. The molecule has 7 nitrogen and oxygen atoms in total. The molecule has 0 bridgehead atoms. The summed E-state index contributed by atoms with van der Waals surface area (Å²) in [7, 11) is 2.16. The van der Waals surface area contributed by atoms with Gasteiger partial charge in [0.2, 0.25) is 0 Å². The van der Waals surface area contributed by atoms with E-state index in [1.807, 2.05) is 13.8 Å². The van der Waals surface area contributed by atoms with E-state index in [1.165, 1.54) is 11.3 Å². The fourth-order valence-electron chi connectivity index (χ4n) is 3.60. The van der Waals surface area contributed by atoms with E-state index in [-0.39, 0.29) is 5.69 Å². The minimum absolute atomic E-state index is 0.183. The van der Waals surface area contributed by atoms with E-state index in [1.54, 1.807) is 0 Å². The molecule has 0 atom stereocenters. The number of carbonyl (C=O) groups is 1. The van der Waals surface area contributed by atoms with Crippen LogP contribution in [0.3, 0.4) is 0 Å². The molecule has 3 N–H and O–H groups in total. The van der Waals surface area contributed by atoms with Gasteiger partial charge in [0.15, 0.2) is 11.5 Å². The van der Waals surface area contributed by atoms with Crippen LogP contribution in [0.25, 0.3) is 0 Å². The highest BCUT2D eigenvalue weighted by Crippen LogP contribution is 2.30. The average Bonchev–Trinajstić information content (AvgIpc) is 2.65. The molecule has 1 aromatic heterocycles. The second kappa shape index (κ2) is 8.14. The minimum atomic E-state index is -0.576. The third kappa shape index (κ3) is 4.09. The smallest absolute Gasteiger partial charge is 0.271 e. The Morgan fingerprint density at radius 1 is 1.11 bits per heavy atom. The van der Waals surface area contributed by atoms with Gasteiger partial charge >= 0.3 is 0 Å². The van der Waals surface area contributed by atoms with Crippen molar-refractivity contribution >= 4 is 23.1 Å². The highest BCUT2D eigenvalue weighted by Gasteiger charge is 2.19. The van der Waals surface area contributed by atoms with Gasteiger partial charge in [0, 0.05) is 37.6 Å². The lowest BCUT2D eigenvalue weighted by atomic mass is 10.1. The van der Waals surface area contributed by atoms with Gasteiger partial charge in [0.1, 0.15) is 0 Å². The molecule has 0 radical (unpaired) electrons. The molecule has 0 unspecified atom stereocenters. The van der Waals surface area contributed by atoms with Gasteiger partial charge in [-0.15, -0.1) is 0 Å². The molecule has 1 aliphatic heterocycles. The Balaban J connectivity index is 1.92. The number of benzene rings is 1. The molecule has 2 aromatic rings. The largest absolute Gasteiger partial charge is 0.369 e. The standard InChI is InChI=1S/C21H30N6O/c1-6-16-15(4)23-21(19(24-16)20(22)28)25-17-11-14(3)18(12-13(17)2)27-9-7-26(5)8-10-27/h11-12H,6-10H2,1-5H3,(H2,22,28)(H,23,25). The van der Waals surface area contributed by atoms with Crippen molar-refractivity contribution in [3.63, 3.8) is 0 Å². The molecule has 2 heterocycles. The molecule has 3 rings (SSSR count). The Kier molecular flexibility index (Phi) is 5.84. The lowest BCUT2D eigenvalue weighted by Crippen LogP contribution is -2.44. The van der Waals surface area contributed by atoms with Crippen LogP contribution < -0.4 is 16.0 Å². The maximum atomic E-state index is 11.9. The highest BCUT2D eigenvalue weighted by atomic mass is 16.1. The molecule has 1 amide bonds. The second-order valence-corrected chi connectivity index (χ2v) is 7.54. The Morgan fingerprint density at radius 3 is 2.39 bits per heavy atom. The van der Waals surface area contributed by atoms with E-state index in [4.69, 9.17) is 5.73 Å². The van der Waals surface area contributed by atoms with Gasteiger partial charge in [-0.3, -0.25) is 4.79 Å². The van der Waals surface area contributed by atoms with E-state index in [2.05, 4.69) is 58.1 Å². The van der Waals surface area contributed by atoms with E-state index in [0.29, 0.717) is 12.2 Å². The number of likely N-dealkylation sites (N-methyl/N-ethyl adjacent to an activating group) is 1. The van der Waals surface area contributed by atoms with Crippen LogP contribution in [0.2, 0.25) is 0 Å². The topological polar surface area (TPSA) is 87.4 Å². The number of nitrogens with two attached hydrogens (primary N) is 1. The number of piperazine rings is 1. The van der Waals surface area contributed by atoms with Crippen molar-refractivity contribution in [2.45, 2.75) is 34.1 Å². The number of nitrogens with one attached hydrogen (secondary N) is 1. The zero-order valence-corrected chi connectivity index (χ0v) is 17.5. The van der Waals surface area contributed by atoms with Crippen LogP contribution in [0.4, 0.5) is 17.2 Å². The van der Waals surface area contributed by atoms with Crippen LogP contribution >= 0.6 is 0 Å². The zero-order chi connectivity index (χ0) is 20.4. The summed E-state index contributed by atoms with van der Waals surface area (Å²) in [6.45, 7) is 12.3. The zero-order valence-electron chi connectivity index (χ0n) is 17.5. The number of amides is 1. The van der Waals surface area contributed by atoms with Gasteiger partial charge in [0.05, 0.1) is 11.4 Å². The van der Waals surface area contributed by atoms with Crippen molar-refractivity contribution in [1.29, 1.82) is 0 Å². The van der Waals surface area contributed by atoms with Crippen molar-refractivity contribution in [3.05, 3.63) is 40.3 Å².